The molecule has 194 valence electrons. The Bertz CT molecular complexity index is 1160. The van der Waals surface area contributed by atoms with Crippen molar-refractivity contribution < 1.29 is 14.3 Å². The number of hydrogen-bond acceptors (Lipinski definition) is 3. The summed E-state index contributed by atoms with van der Waals surface area (Å²) in [5, 5.41) is 3.23. The van der Waals surface area contributed by atoms with Crippen LogP contribution in [0, 0.1) is 0 Å². The predicted octanol–water partition coefficient (Wildman–Crippen LogP) is 6.09. The molecule has 2 amide bonds. The maximum atomic E-state index is 13.7. The molecule has 0 radical (unpaired) electrons. The third kappa shape index (κ3) is 7.68. The normalized spacial score (nSPS) is 14.2. The Morgan fingerprint density at radius 1 is 0.946 bits per heavy atom. The number of carbonyl (C=O) groups is 2. The Hall–Kier alpha value is -3.12. The van der Waals surface area contributed by atoms with Crippen molar-refractivity contribution in [2.45, 2.75) is 64.1 Å². The molecule has 1 atom stereocenters. The van der Waals surface area contributed by atoms with Crippen molar-refractivity contribution in [1.82, 2.24) is 10.2 Å². The number of halogens is 1. The molecule has 0 unspecified atom stereocenters. The van der Waals surface area contributed by atoms with Crippen LogP contribution in [-0.4, -0.2) is 35.4 Å². The van der Waals surface area contributed by atoms with Crippen LogP contribution >= 0.6 is 15.9 Å². The molecule has 1 saturated carbocycles. The minimum Gasteiger partial charge on any atom is -0.483 e. The van der Waals surface area contributed by atoms with Crippen molar-refractivity contribution in [1.29, 1.82) is 0 Å². The van der Waals surface area contributed by atoms with Crippen LogP contribution in [0.25, 0.3) is 0 Å². The average Bonchev–Trinajstić information content (AvgIpc) is 3.44. The van der Waals surface area contributed by atoms with Crippen LogP contribution in [0.15, 0.2) is 83.3 Å². The first-order valence-corrected chi connectivity index (χ1v) is 13.9. The van der Waals surface area contributed by atoms with Gasteiger partial charge in [0.25, 0.3) is 5.91 Å². The minimum atomic E-state index is -0.648. The molecule has 3 aromatic rings. The summed E-state index contributed by atoms with van der Waals surface area (Å²) >= 11 is 3.56. The SMILES string of the molecule is CCc1ccc(OCC(=O)N(Cc2ccccc2)[C@@H](Cc2ccccc2)C(=O)NC2CCCC2)c(Br)c1. The van der Waals surface area contributed by atoms with Gasteiger partial charge in [0.1, 0.15) is 11.8 Å². The molecule has 1 aliphatic carbocycles. The van der Waals surface area contributed by atoms with Crippen molar-refractivity contribution in [3.8, 4) is 5.75 Å². The Morgan fingerprint density at radius 3 is 2.22 bits per heavy atom. The van der Waals surface area contributed by atoms with Gasteiger partial charge >= 0.3 is 0 Å². The highest BCUT2D eigenvalue weighted by Crippen LogP contribution is 2.27. The van der Waals surface area contributed by atoms with E-state index in [0.29, 0.717) is 18.7 Å². The molecule has 0 spiro atoms. The second-order valence-electron chi connectivity index (χ2n) is 9.61. The number of aryl methyl sites for hydroxylation is 1. The molecule has 1 aliphatic rings. The quantitative estimate of drug-likeness (QED) is 0.307. The number of hydrogen-bond donors (Lipinski definition) is 1. The van der Waals surface area contributed by atoms with E-state index in [1.54, 1.807) is 4.90 Å². The molecule has 0 aliphatic heterocycles. The molecular weight excluding hydrogens is 528 g/mol. The lowest BCUT2D eigenvalue weighted by Crippen LogP contribution is -2.53. The molecule has 3 aromatic carbocycles. The summed E-state index contributed by atoms with van der Waals surface area (Å²) in [6, 6.07) is 25.1. The zero-order valence-corrected chi connectivity index (χ0v) is 23.0. The van der Waals surface area contributed by atoms with E-state index in [2.05, 4.69) is 28.2 Å². The number of benzene rings is 3. The fourth-order valence-electron chi connectivity index (χ4n) is 4.81. The van der Waals surface area contributed by atoms with E-state index in [0.717, 1.165) is 47.7 Å². The van der Waals surface area contributed by atoms with E-state index in [4.69, 9.17) is 4.74 Å². The number of rotatable bonds is 11. The first kappa shape index (κ1) is 26.9. The summed E-state index contributed by atoms with van der Waals surface area (Å²) in [7, 11) is 0. The topological polar surface area (TPSA) is 58.6 Å². The molecule has 1 fully saturated rings. The van der Waals surface area contributed by atoms with Crippen LogP contribution in [-0.2, 0) is 29.0 Å². The summed E-state index contributed by atoms with van der Waals surface area (Å²) in [6.07, 6.45) is 5.58. The maximum absolute atomic E-state index is 13.7. The summed E-state index contributed by atoms with van der Waals surface area (Å²) < 4.78 is 6.77. The Balaban J connectivity index is 1.59. The first-order valence-electron chi connectivity index (χ1n) is 13.1. The molecule has 5 nitrogen and oxygen atoms in total. The number of ether oxygens (including phenoxy) is 1. The molecule has 0 aromatic heterocycles. The van der Waals surface area contributed by atoms with Crippen molar-refractivity contribution in [3.05, 3.63) is 100 Å². The average molecular weight is 564 g/mol. The smallest absolute Gasteiger partial charge is 0.261 e. The number of amides is 2. The van der Waals surface area contributed by atoms with E-state index in [1.165, 1.54) is 5.56 Å². The Morgan fingerprint density at radius 2 is 1.59 bits per heavy atom. The zero-order chi connectivity index (χ0) is 26.0. The van der Waals surface area contributed by atoms with Gasteiger partial charge < -0.3 is 15.0 Å². The van der Waals surface area contributed by atoms with Gasteiger partial charge in [-0.2, -0.15) is 0 Å². The lowest BCUT2D eigenvalue weighted by Gasteiger charge is -2.32. The lowest BCUT2D eigenvalue weighted by atomic mass is 10.0. The van der Waals surface area contributed by atoms with Gasteiger partial charge in [-0.1, -0.05) is 86.5 Å². The highest BCUT2D eigenvalue weighted by molar-refractivity contribution is 9.10. The van der Waals surface area contributed by atoms with Gasteiger partial charge in [-0.25, -0.2) is 0 Å². The highest BCUT2D eigenvalue weighted by Gasteiger charge is 2.32. The van der Waals surface area contributed by atoms with Gasteiger partial charge in [0.05, 0.1) is 4.47 Å². The van der Waals surface area contributed by atoms with Crippen molar-refractivity contribution >= 4 is 27.7 Å². The molecular formula is C31H35BrN2O3. The second kappa shape index (κ2) is 13.4. The van der Waals surface area contributed by atoms with E-state index in [9.17, 15) is 9.59 Å². The fourth-order valence-corrected chi connectivity index (χ4v) is 5.35. The Labute approximate surface area is 228 Å². The van der Waals surface area contributed by atoms with Gasteiger partial charge in [-0.05, 0) is 64.0 Å². The standard InChI is InChI=1S/C31H35BrN2O3/c1-2-23-17-18-29(27(32)19-23)37-22-30(35)34(21-25-13-7-4-8-14-25)28(20-24-11-5-3-6-12-24)31(36)33-26-15-9-10-16-26/h3-8,11-14,17-19,26,28H,2,9-10,15-16,20-22H2,1H3,(H,33,36)/t28-/m0/s1. The maximum Gasteiger partial charge on any atom is 0.261 e. The highest BCUT2D eigenvalue weighted by atomic mass is 79.9. The summed E-state index contributed by atoms with van der Waals surface area (Å²) in [4.78, 5) is 29.1. The Kier molecular flexibility index (Phi) is 9.78. The summed E-state index contributed by atoms with van der Waals surface area (Å²) in [6.45, 7) is 2.27. The van der Waals surface area contributed by atoms with Crippen molar-refractivity contribution in [2.75, 3.05) is 6.61 Å². The molecule has 0 bridgehead atoms. The van der Waals surface area contributed by atoms with Gasteiger partial charge in [0.2, 0.25) is 5.91 Å². The zero-order valence-electron chi connectivity index (χ0n) is 21.4. The summed E-state index contributed by atoms with van der Waals surface area (Å²) in [5.41, 5.74) is 3.16. The number of nitrogens with zero attached hydrogens (tertiary/aromatic N) is 1. The third-order valence-electron chi connectivity index (χ3n) is 6.92. The molecule has 0 saturated heterocycles. The number of nitrogens with one attached hydrogen (secondary N) is 1. The van der Waals surface area contributed by atoms with Crippen LogP contribution in [0.4, 0.5) is 0 Å². The molecule has 6 heteroatoms. The van der Waals surface area contributed by atoms with Crippen LogP contribution in [0.2, 0.25) is 0 Å². The fraction of sp³-hybridized carbons (Fsp3) is 0.355. The lowest BCUT2D eigenvalue weighted by molar-refractivity contribution is -0.143. The molecule has 4 rings (SSSR count). The van der Waals surface area contributed by atoms with Gasteiger partial charge in [0.15, 0.2) is 6.61 Å². The van der Waals surface area contributed by atoms with Crippen molar-refractivity contribution in [3.63, 3.8) is 0 Å². The molecule has 1 N–H and O–H groups in total. The van der Waals surface area contributed by atoms with E-state index < -0.39 is 6.04 Å². The van der Waals surface area contributed by atoms with E-state index in [1.807, 2.05) is 78.9 Å². The van der Waals surface area contributed by atoms with Crippen LogP contribution < -0.4 is 10.1 Å². The molecule has 0 heterocycles. The van der Waals surface area contributed by atoms with Crippen LogP contribution in [0.5, 0.6) is 5.75 Å². The largest absolute Gasteiger partial charge is 0.483 e. The monoisotopic (exact) mass is 562 g/mol. The van der Waals surface area contributed by atoms with Crippen molar-refractivity contribution in [2.24, 2.45) is 0 Å². The molecule has 37 heavy (non-hydrogen) atoms. The third-order valence-corrected chi connectivity index (χ3v) is 7.54. The summed E-state index contributed by atoms with van der Waals surface area (Å²) in [5.74, 6) is 0.284. The van der Waals surface area contributed by atoms with Crippen LogP contribution in [0.3, 0.4) is 0 Å². The predicted molar refractivity (Wildman–Crippen MR) is 150 cm³/mol. The first-order chi connectivity index (χ1) is 18.0. The van der Waals surface area contributed by atoms with E-state index in [-0.39, 0.29) is 24.5 Å². The second-order valence-corrected chi connectivity index (χ2v) is 10.5. The minimum absolute atomic E-state index is 0.103. The van der Waals surface area contributed by atoms with Crippen LogP contribution in [0.1, 0.15) is 49.3 Å². The van der Waals surface area contributed by atoms with Gasteiger partial charge in [-0.3, -0.25) is 9.59 Å². The van der Waals surface area contributed by atoms with Gasteiger partial charge in [0, 0.05) is 19.0 Å². The van der Waals surface area contributed by atoms with E-state index >= 15 is 0 Å². The number of carbonyl (C=O) groups excluding carboxylic acids is 2. The van der Waals surface area contributed by atoms with Gasteiger partial charge in [-0.15, -0.1) is 0 Å².